The Morgan fingerprint density at radius 1 is 1.22 bits per heavy atom. The highest BCUT2D eigenvalue weighted by atomic mass is 32.2. The van der Waals surface area contributed by atoms with Gasteiger partial charge in [-0.25, -0.2) is 0 Å². The van der Waals surface area contributed by atoms with Gasteiger partial charge in [-0.05, 0) is 31.6 Å². The number of benzene rings is 1. The third-order valence-corrected chi connectivity index (χ3v) is 5.26. The maximum absolute atomic E-state index is 12.2. The van der Waals surface area contributed by atoms with E-state index in [-0.39, 0.29) is 29.7 Å². The number of nitrogens with one attached hydrogen (secondary N) is 1. The molecule has 1 saturated carbocycles. The summed E-state index contributed by atoms with van der Waals surface area (Å²) in [6.45, 7) is 3.38. The van der Waals surface area contributed by atoms with Gasteiger partial charge < -0.3 is 10.2 Å². The fourth-order valence-corrected chi connectivity index (χ4v) is 3.60. The Morgan fingerprint density at radius 3 is 2.52 bits per heavy atom. The van der Waals surface area contributed by atoms with Crippen LogP contribution in [0.25, 0.3) is 0 Å². The first kappa shape index (κ1) is 16.4. The standard InChI is InChI=1S/C18H24N2O2S/c1-12-3-5-13(6-4-12)15-9-20(17(21)11-23-2)10-16(15)19-18(22)14-7-8-14/h3-6,14-16H,7-11H2,1-2H3,(H,19,22)/t15-,16+/m0/s1. The molecule has 1 N–H and O–H groups in total. The quantitative estimate of drug-likeness (QED) is 0.899. The van der Waals surface area contributed by atoms with Gasteiger partial charge in [0.2, 0.25) is 11.8 Å². The molecular weight excluding hydrogens is 308 g/mol. The number of carbonyl (C=O) groups excluding carboxylic acids is 2. The zero-order chi connectivity index (χ0) is 16.4. The first-order valence-electron chi connectivity index (χ1n) is 8.22. The van der Waals surface area contributed by atoms with E-state index < -0.39 is 0 Å². The molecular formula is C18H24N2O2S. The zero-order valence-corrected chi connectivity index (χ0v) is 14.6. The number of amides is 2. The Labute approximate surface area is 142 Å². The topological polar surface area (TPSA) is 49.4 Å². The minimum absolute atomic E-state index is 0.0246. The Morgan fingerprint density at radius 2 is 1.91 bits per heavy atom. The zero-order valence-electron chi connectivity index (χ0n) is 13.7. The SMILES string of the molecule is CSCC(=O)N1C[C@@H](NC(=O)C2CC2)[C@H](c2ccc(C)cc2)C1. The molecule has 0 spiro atoms. The number of thioether (sulfide) groups is 1. The highest BCUT2D eigenvalue weighted by Gasteiger charge is 2.39. The normalized spacial score (nSPS) is 23.8. The molecule has 1 aliphatic heterocycles. The van der Waals surface area contributed by atoms with E-state index in [0.29, 0.717) is 18.8 Å². The highest BCUT2D eigenvalue weighted by Crippen LogP contribution is 2.32. The molecule has 4 nitrogen and oxygen atoms in total. The van der Waals surface area contributed by atoms with Crippen molar-refractivity contribution in [3.63, 3.8) is 0 Å². The lowest BCUT2D eigenvalue weighted by Gasteiger charge is -2.20. The second-order valence-corrected chi connectivity index (χ2v) is 7.50. The molecule has 0 bridgehead atoms. The molecule has 1 aliphatic carbocycles. The predicted molar refractivity (Wildman–Crippen MR) is 93.5 cm³/mol. The molecule has 3 rings (SSSR count). The first-order valence-corrected chi connectivity index (χ1v) is 9.61. The van der Waals surface area contributed by atoms with E-state index in [0.717, 1.165) is 12.8 Å². The third kappa shape index (κ3) is 3.89. The lowest BCUT2D eigenvalue weighted by Crippen LogP contribution is -2.41. The van der Waals surface area contributed by atoms with Crippen LogP contribution in [-0.2, 0) is 9.59 Å². The van der Waals surface area contributed by atoms with Crippen molar-refractivity contribution in [3.8, 4) is 0 Å². The van der Waals surface area contributed by atoms with Crippen LogP contribution in [0.5, 0.6) is 0 Å². The van der Waals surface area contributed by atoms with Gasteiger partial charge in [0.1, 0.15) is 0 Å². The van der Waals surface area contributed by atoms with E-state index >= 15 is 0 Å². The maximum atomic E-state index is 12.2. The molecule has 0 aromatic heterocycles. The number of aryl methyl sites for hydroxylation is 1. The van der Waals surface area contributed by atoms with Crippen LogP contribution >= 0.6 is 11.8 Å². The molecule has 2 atom stereocenters. The van der Waals surface area contributed by atoms with Crippen molar-refractivity contribution >= 4 is 23.6 Å². The van der Waals surface area contributed by atoms with Gasteiger partial charge >= 0.3 is 0 Å². The Balaban J connectivity index is 1.75. The molecule has 2 fully saturated rings. The predicted octanol–water partition coefficient (Wildman–Crippen LogP) is 2.18. The largest absolute Gasteiger partial charge is 0.351 e. The number of hydrogen-bond donors (Lipinski definition) is 1. The molecule has 0 unspecified atom stereocenters. The second kappa shape index (κ2) is 6.95. The van der Waals surface area contributed by atoms with Crippen LogP contribution in [-0.4, -0.2) is 47.9 Å². The van der Waals surface area contributed by atoms with E-state index in [1.54, 1.807) is 11.8 Å². The molecule has 1 saturated heterocycles. The van der Waals surface area contributed by atoms with Crippen LogP contribution in [0.2, 0.25) is 0 Å². The summed E-state index contributed by atoms with van der Waals surface area (Å²) >= 11 is 1.55. The molecule has 1 heterocycles. The monoisotopic (exact) mass is 332 g/mol. The van der Waals surface area contributed by atoms with Gasteiger partial charge in [0.25, 0.3) is 0 Å². The molecule has 1 aromatic carbocycles. The van der Waals surface area contributed by atoms with Crippen LogP contribution in [0.15, 0.2) is 24.3 Å². The van der Waals surface area contributed by atoms with Crippen LogP contribution in [0.4, 0.5) is 0 Å². The summed E-state index contributed by atoms with van der Waals surface area (Å²) in [7, 11) is 0. The third-order valence-electron chi connectivity index (χ3n) is 4.72. The van der Waals surface area contributed by atoms with E-state index in [2.05, 4.69) is 36.5 Å². The smallest absolute Gasteiger partial charge is 0.232 e. The molecule has 1 aromatic rings. The van der Waals surface area contributed by atoms with Gasteiger partial charge in [0.05, 0.1) is 11.8 Å². The van der Waals surface area contributed by atoms with Gasteiger partial charge in [-0.2, -0.15) is 11.8 Å². The van der Waals surface area contributed by atoms with Gasteiger partial charge in [-0.15, -0.1) is 0 Å². The maximum Gasteiger partial charge on any atom is 0.232 e. The van der Waals surface area contributed by atoms with Crippen molar-refractivity contribution in [1.29, 1.82) is 0 Å². The average Bonchev–Trinajstić information content (AvgIpc) is 3.30. The summed E-state index contributed by atoms with van der Waals surface area (Å²) in [6.07, 6.45) is 3.95. The van der Waals surface area contributed by atoms with Gasteiger partial charge in [-0.1, -0.05) is 29.8 Å². The molecule has 23 heavy (non-hydrogen) atoms. The Bertz CT molecular complexity index is 583. The fraction of sp³-hybridized carbons (Fsp3) is 0.556. The summed E-state index contributed by atoms with van der Waals surface area (Å²) in [4.78, 5) is 26.3. The summed E-state index contributed by atoms with van der Waals surface area (Å²) in [5.74, 6) is 1.21. The molecule has 124 valence electrons. The van der Waals surface area contributed by atoms with Crippen molar-refractivity contribution in [2.24, 2.45) is 5.92 Å². The van der Waals surface area contributed by atoms with Crippen LogP contribution in [0.3, 0.4) is 0 Å². The van der Waals surface area contributed by atoms with E-state index in [1.165, 1.54) is 11.1 Å². The molecule has 5 heteroatoms. The van der Waals surface area contributed by atoms with E-state index in [4.69, 9.17) is 0 Å². The number of likely N-dealkylation sites (tertiary alicyclic amines) is 1. The summed E-state index contributed by atoms with van der Waals surface area (Å²) in [6, 6.07) is 8.47. The fourth-order valence-electron chi connectivity index (χ4n) is 3.17. The van der Waals surface area contributed by atoms with Crippen molar-refractivity contribution in [2.45, 2.75) is 31.7 Å². The second-order valence-electron chi connectivity index (χ2n) is 6.64. The van der Waals surface area contributed by atoms with E-state index in [9.17, 15) is 9.59 Å². The first-order chi connectivity index (χ1) is 11.1. The Hall–Kier alpha value is -1.49. The van der Waals surface area contributed by atoms with Crippen molar-refractivity contribution in [3.05, 3.63) is 35.4 Å². The summed E-state index contributed by atoms with van der Waals surface area (Å²) < 4.78 is 0. The van der Waals surface area contributed by atoms with Crippen LogP contribution in [0, 0.1) is 12.8 Å². The minimum atomic E-state index is 0.0246. The molecule has 2 aliphatic rings. The van der Waals surface area contributed by atoms with Crippen LogP contribution in [0.1, 0.15) is 29.9 Å². The molecule has 0 radical (unpaired) electrons. The van der Waals surface area contributed by atoms with Gasteiger partial charge in [-0.3, -0.25) is 9.59 Å². The summed E-state index contributed by atoms with van der Waals surface area (Å²) in [5, 5.41) is 3.19. The number of hydrogen-bond acceptors (Lipinski definition) is 3. The Kier molecular flexibility index (Phi) is 4.95. The van der Waals surface area contributed by atoms with Crippen LogP contribution < -0.4 is 5.32 Å². The number of rotatable bonds is 5. The van der Waals surface area contributed by atoms with Gasteiger partial charge in [0.15, 0.2) is 0 Å². The van der Waals surface area contributed by atoms with Crippen molar-refractivity contribution in [2.75, 3.05) is 25.1 Å². The van der Waals surface area contributed by atoms with E-state index in [1.807, 2.05) is 11.2 Å². The number of nitrogens with zero attached hydrogens (tertiary/aromatic N) is 1. The minimum Gasteiger partial charge on any atom is -0.351 e. The number of carbonyl (C=O) groups is 2. The lowest BCUT2D eigenvalue weighted by atomic mass is 9.93. The molecule has 2 amide bonds. The van der Waals surface area contributed by atoms with Crippen molar-refractivity contribution in [1.82, 2.24) is 10.2 Å². The summed E-state index contributed by atoms with van der Waals surface area (Å²) in [5.41, 5.74) is 2.43. The lowest BCUT2D eigenvalue weighted by molar-refractivity contribution is -0.128. The van der Waals surface area contributed by atoms with Crippen molar-refractivity contribution < 1.29 is 9.59 Å². The van der Waals surface area contributed by atoms with Gasteiger partial charge in [0, 0.05) is 24.9 Å². The average molecular weight is 332 g/mol. The highest BCUT2D eigenvalue weighted by molar-refractivity contribution is 7.99.